The third-order valence-corrected chi connectivity index (χ3v) is 3.17. The van der Waals surface area contributed by atoms with Gasteiger partial charge in [-0.05, 0) is 37.3 Å². The molecular formula is C17H15N3O. The maximum absolute atomic E-state index is 5.04. The fourth-order valence-corrected chi connectivity index (χ4v) is 2.09. The van der Waals surface area contributed by atoms with Crippen LogP contribution in [0.5, 0.6) is 5.88 Å². The number of nitrogens with zero attached hydrogens (tertiary/aromatic N) is 3. The van der Waals surface area contributed by atoms with Crippen LogP contribution in [0.3, 0.4) is 0 Å². The van der Waals surface area contributed by atoms with Crippen LogP contribution in [-0.4, -0.2) is 23.3 Å². The average molecular weight is 277 g/mol. The second kappa shape index (κ2) is 5.71. The summed E-state index contributed by atoms with van der Waals surface area (Å²) in [6.07, 6.45) is 3.52. The van der Waals surface area contributed by atoms with Crippen LogP contribution in [0.15, 0.2) is 53.7 Å². The molecule has 21 heavy (non-hydrogen) atoms. The number of fused-ring (bicyclic) bond motifs is 1. The molecule has 0 bridgehead atoms. The molecule has 0 fully saturated rings. The van der Waals surface area contributed by atoms with Crippen LogP contribution in [-0.2, 0) is 0 Å². The van der Waals surface area contributed by atoms with Crippen LogP contribution in [0.1, 0.15) is 11.3 Å². The molecule has 0 atom stereocenters. The molecule has 0 aliphatic heterocycles. The van der Waals surface area contributed by atoms with E-state index < -0.39 is 0 Å². The van der Waals surface area contributed by atoms with Gasteiger partial charge < -0.3 is 4.74 Å². The molecule has 4 nitrogen and oxygen atoms in total. The monoisotopic (exact) mass is 277 g/mol. The summed E-state index contributed by atoms with van der Waals surface area (Å²) in [6.45, 7) is 1.98. The summed E-state index contributed by atoms with van der Waals surface area (Å²) in [5, 5.41) is 1.04. The van der Waals surface area contributed by atoms with E-state index in [4.69, 9.17) is 4.74 Å². The number of ether oxygens (including phenoxy) is 1. The molecular weight excluding hydrogens is 262 g/mol. The number of pyridine rings is 2. The predicted octanol–water partition coefficient (Wildman–Crippen LogP) is 3.70. The Hall–Kier alpha value is -2.75. The van der Waals surface area contributed by atoms with Gasteiger partial charge in [0.15, 0.2) is 0 Å². The summed E-state index contributed by atoms with van der Waals surface area (Å²) in [4.78, 5) is 13.2. The Kier molecular flexibility index (Phi) is 3.60. The van der Waals surface area contributed by atoms with Crippen LogP contribution in [0, 0.1) is 6.92 Å². The Morgan fingerprint density at radius 3 is 2.76 bits per heavy atom. The van der Waals surface area contributed by atoms with Gasteiger partial charge in [-0.2, -0.15) is 0 Å². The van der Waals surface area contributed by atoms with Crippen LogP contribution in [0.4, 0.5) is 5.69 Å². The lowest BCUT2D eigenvalue weighted by atomic mass is 10.1. The summed E-state index contributed by atoms with van der Waals surface area (Å²) >= 11 is 0. The van der Waals surface area contributed by atoms with Crippen molar-refractivity contribution >= 4 is 22.8 Å². The second-order valence-corrected chi connectivity index (χ2v) is 4.69. The normalized spacial score (nSPS) is 11.1. The molecule has 0 aliphatic carbocycles. The Morgan fingerprint density at radius 2 is 2.00 bits per heavy atom. The summed E-state index contributed by atoms with van der Waals surface area (Å²) in [7, 11) is 1.60. The maximum atomic E-state index is 5.04. The largest absolute Gasteiger partial charge is 0.481 e. The minimum absolute atomic E-state index is 0.594. The molecule has 3 rings (SSSR count). The second-order valence-electron chi connectivity index (χ2n) is 4.69. The highest BCUT2D eigenvalue weighted by atomic mass is 16.5. The van der Waals surface area contributed by atoms with Gasteiger partial charge in [0, 0.05) is 35.1 Å². The van der Waals surface area contributed by atoms with Crippen LogP contribution in [0.2, 0.25) is 0 Å². The molecule has 2 heterocycles. The summed E-state index contributed by atoms with van der Waals surface area (Å²) in [5.41, 5.74) is 3.78. The van der Waals surface area contributed by atoms with E-state index in [1.54, 1.807) is 19.5 Å². The summed E-state index contributed by atoms with van der Waals surface area (Å²) in [5.74, 6) is 0.594. The molecule has 2 aromatic heterocycles. The average Bonchev–Trinajstić information content (AvgIpc) is 2.53. The van der Waals surface area contributed by atoms with Gasteiger partial charge in [0.2, 0.25) is 5.88 Å². The van der Waals surface area contributed by atoms with Crippen LogP contribution >= 0.6 is 0 Å². The van der Waals surface area contributed by atoms with E-state index in [0.29, 0.717) is 5.88 Å². The van der Waals surface area contributed by atoms with E-state index in [-0.39, 0.29) is 0 Å². The molecule has 0 saturated carbocycles. The zero-order valence-electron chi connectivity index (χ0n) is 11.9. The first kappa shape index (κ1) is 13.2. The molecule has 0 saturated heterocycles. The number of methoxy groups -OCH3 is 1. The molecule has 0 spiro atoms. The first-order chi connectivity index (χ1) is 10.3. The molecule has 0 unspecified atom stereocenters. The highest BCUT2D eigenvalue weighted by molar-refractivity contribution is 5.93. The van der Waals surface area contributed by atoms with Crippen molar-refractivity contribution in [3.05, 3.63) is 59.9 Å². The lowest BCUT2D eigenvalue weighted by Gasteiger charge is -2.02. The van der Waals surface area contributed by atoms with Gasteiger partial charge in [0.25, 0.3) is 0 Å². The molecule has 0 aliphatic rings. The number of aryl methyl sites for hydroxylation is 1. The Labute approximate surface area is 123 Å². The number of rotatable bonds is 3. The fourth-order valence-electron chi connectivity index (χ4n) is 2.09. The molecule has 0 radical (unpaired) electrons. The van der Waals surface area contributed by atoms with Crippen molar-refractivity contribution in [1.29, 1.82) is 0 Å². The minimum atomic E-state index is 0.594. The van der Waals surface area contributed by atoms with Crippen molar-refractivity contribution in [3.63, 3.8) is 0 Å². The lowest BCUT2D eigenvalue weighted by molar-refractivity contribution is 0.398. The highest BCUT2D eigenvalue weighted by Crippen LogP contribution is 2.24. The van der Waals surface area contributed by atoms with E-state index in [0.717, 1.165) is 27.8 Å². The van der Waals surface area contributed by atoms with Gasteiger partial charge in [0.1, 0.15) is 0 Å². The molecule has 0 amide bonds. The topological polar surface area (TPSA) is 47.4 Å². The molecule has 4 heteroatoms. The number of aliphatic imine (C=N–C) groups is 1. The molecule has 1 aromatic carbocycles. The highest BCUT2D eigenvalue weighted by Gasteiger charge is 2.00. The Bertz CT molecular complexity index is 795. The van der Waals surface area contributed by atoms with Gasteiger partial charge in [-0.1, -0.05) is 6.07 Å². The smallest absolute Gasteiger partial charge is 0.212 e. The number of benzene rings is 1. The number of aromatic nitrogens is 2. The maximum Gasteiger partial charge on any atom is 0.212 e. The van der Waals surface area contributed by atoms with Crippen molar-refractivity contribution in [2.45, 2.75) is 6.92 Å². The number of hydrogen-bond donors (Lipinski definition) is 0. The van der Waals surface area contributed by atoms with Gasteiger partial charge in [-0.3, -0.25) is 9.98 Å². The quantitative estimate of drug-likeness (QED) is 0.686. The van der Waals surface area contributed by atoms with Gasteiger partial charge in [0.05, 0.1) is 18.3 Å². The fraction of sp³-hybridized carbons (Fsp3) is 0.118. The predicted molar refractivity (Wildman–Crippen MR) is 84.5 cm³/mol. The van der Waals surface area contributed by atoms with Crippen molar-refractivity contribution in [3.8, 4) is 5.88 Å². The van der Waals surface area contributed by atoms with E-state index in [2.05, 4.69) is 21.0 Å². The Morgan fingerprint density at radius 1 is 1.10 bits per heavy atom. The zero-order chi connectivity index (χ0) is 14.7. The first-order valence-corrected chi connectivity index (χ1v) is 6.67. The van der Waals surface area contributed by atoms with Crippen molar-refractivity contribution in [2.75, 3.05) is 7.11 Å². The lowest BCUT2D eigenvalue weighted by Crippen LogP contribution is -1.88. The molecule has 0 N–H and O–H groups in total. The Balaban J connectivity index is 1.95. The summed E-state index contributed by atoms with van der Waals surface area (Å²) in [6, 6.07) is 13.7. The van der Waals surface area contributed by atoms with Crippen LogP contribution in [0.25, 0.3) is 10.9 Å². The molecule has 3 aromatic rings. The standard InChI is InChI=1S/C17H15N3O/c1-12-6-8-14-15(4-3-5-16(14)20-12)18-10-13-7-9-17(21-2)19-11-13/h3-11H,1-2H3/b18-10+. The van der Waals surface area contributed by atoms with Crippen molar-refractivity contribution in [1.82, 2.24) is 9.97 Å². The number of hydrogen-bond acceptors (Lipinski definition) is 4. The van der Waals surface area contributed by atoms with E-state index in [1.807, 2.05) is 43.3 Å². The van der Waals surface area contributed by atoms with E-state index >= 15 is 0 Å². The van der Waals surface area contributed by atoms with Gasteiger partial charge in [-0.15, -0.1) is 0 Å². The minimum Gasteiger partial charge on any atom is -0.481 e. The summed E-state index contributed by atoms with van der Waals surface area (Å²) < 4.78 is 5.04. The van der Waals surface area contributed by atoms with E-state index in [1.165, 1.54) is 0 Å². The third-order valence-electron chi connectivity index (χ3n) is 3.17. The van der Waals surface area contributed by atoms with Gasteiger partial charge >= 0.3 is 0 Å². The SMILES string of the molecule is COc1ccc(/C=N/c2cccc3nc(C)ccc23)cn1. The molecule has 104 valence electrons. The van der Waals surface area contributed by atoms with Gasteiger partial charge in [-0.25, -0.2) is 4.98 Å². The van der Waals surface area contributed by atoms with E-state index in [9.17, 15) is 0 Å². The third kappa shape index (κ3) is 2.89. The first-order valence-electron chi connectivity index (χ1n) is 6.67. The van der Waals surface area contributed by atoms with Crippen molar-refractivity contribution in [2.24, 2.45) is 4.99 Å². The zero-order valence-corrected chi connectivity index (χ0v) is 11.9. The van der Waals surface area contributed by atoms with Crippen molar-refractivity contribution < 1.29 is 4.74 Å². The van der Waals surface area contributed by atoms with Crippen LogP contribution < -0.4 is 4.74 Å².